The molecule has 112 valence electrons. The van der Waals surface area contributed by atoms with Gasteiger partial charge in [0.2, 0.25) is 0 Å². The summed E-state index contributed by atoms with van der Waals surface area (Å²) in [6, 6.07) is 25.0. The third-order valence-corrected chi connectivity index (χ3v) is 5.72. The van der Waals surface area contributed by atoms with Crippen molar-refractivity contribution in [2.24, 2.45) is 0 Å². The van der Waals surface area contributed by atoms with Gasteiger partial charge in [-0.1, -0.05) is 61.5 Å². The Kier molecular flexibility index (Phi) is 2.17. The van der Waals surface area contributed by atoms with Crippen LogP contribution < -0.4 is 0 Å². The number of rotatable bonds is 1. The molecule has 0 aromatic heterocycles. The molecule has 0 saturated heterocycles. The van der Waals surface area contributed by atoms with Crippen LogP contribution in [0.3, 0.4) is 0 Å². The molecule has 0 unspecified atom stereocenters. The predicted molar refractivity (Wildman–Crippen MR) is 104 cm³/mol. The van der Waals surface area contributed by atoms with Crippen LogP contribution in [-0.4, -0.2) is 0 Å². The van der Waals surface area contributed by atoms with Crippen LogP contribution in [0.5, 0.6) is 0 Å². The maximum atomic E-state index is 2.43. The van der Waals surface area contributed by atoms with E-state index in [-0.39, 0.29) is 0 Å². The molecule has 0 N–H and O–H groups in total. The minimum atomic E-state index is 1.07. The molecule has 1 aliphatic rings. The van der Waals surface area contributed by atoms with Gasteiger partial charge in [0.1, 0.15) is 0 Å². The smallest absolute Gasteiger partial charge is 0.00115 e. The van der Waals surface area contributed by atoms with Crippen LogP contribution in [0.15, 0.2) is 66.7 Å². The van der Waals surface area contributed by atoms with Gasteiger partial charge in [0.05, 0.1) is 0 Å². The fourth-order valence-corrected chi connectivity index (χ4v) is 4.69. The van der Waals surface area contributed by atoms with Crippen LogP contribution in [-0.2, 0) is 6.42 Å². The Morgan fingerprint density at radius 2 is 1.33 bits per heavy atom. The SMILES string of the molecule is CCc1cc2c3c(cc4cccc5ccc1c3c54)-c1ccccc1-2. The van der Waals surface area contributed by atoms with Crippen molar-refractivity contribution >= 4 is 32.3 Å². The summed E-state index contributed by atoms with van der Waals surface area (Å²) in [6.07, 6.45) is 1.07. The standard InChI is InChI=1S/C24H16/c1-2-14-12-20-18-8-3-4-9-19(18)21-13-16-7-5-6-15-10-11-17(14)24(22(15)16)23(20)21/h3-13H,2H2,1H3. The van der Waals surface area contributed by atoms with Crippen LogP contribution >= 0.6 is 0 Å². The first-order valence-electron chi connectivity index (χ1n) is 8.70. The monoisotopic (exact) mass is 304 g/mol. The van der Waals surface area contributed by atoms with Gasteiger partial charge in [0.15, 0.2) is 0 Å². The molecule has 5 aromatic carbocycles. The Bertz CT molecular complexity index is 1270. The third kappa shape index (κ3) is 1.32. The predicted octanol–water partition coefficient (Wildman–Crippen LogP) is 6.79. The molecule has 0 fully saturated rings. The summed E-state index contributed by atoms with van der Waals surface area (Å²) in [7, 11) is 0. The maximum absolute atomic E-state index is 2.43. The van der Waals surface area contributed by atoms with Crippen molar-refractivity contribution in [3.63, 3.8) is 0 Å². The average molecular weight is 304 g/mol. The second kappa shape index (κ2) is 4.15. The van der Waals surface area contributed by atoms with E-state index in [2.05, 4.69) is 73.7 Å². The van der Waals surface area contributed by atoms with Crippen LogP contribution in [0.2, 0.25) is 0 Å². The Balaban J connectivity index is 2.01. The molecule has 1 aliphatic carbocycles. The molecule has 0 saturated carbocycles. The highest BCUT2D eigenvalue weighted by molar-refractivity contribution is 6.32. The Morgan fingerprint density at radius 3 is 2.12 bits per heavy atom. The van der Waals surface area contributed by atoms with Crippen LogP contribution in [0, 0.1) is 0 Å². The molecular weight excluding hydrogens is 288 g/mol. The van der Waals surface area contributed by atoms with Crippen molar-refractivity contribution in [1.82, 2.24) is 0 Å². The van der Waals surface area contributed by atoms with E-state index >= 15 is 0 Å². The maximum Gasteiger partial charge on any atom is -0.00115 e. The molecule has 0 radical (unpaired) electrons. The van der Waals surface area contributed by atoms with Gasteiger partial charge in [0.25, 0.3) is 0 Å². The summed E-state index contributed by atoms with van der Waals surface area (Å²) >= 11 is 0. The molecule has 0 amide bonds. The van der Waals surface area contributed by atoms with E-state index in [1.165, 1.54) is 60.1 Å². The van der Waals surface area contributed by atoms with Gasteiger partial charge in [-0.2, -0.15) is 0 Å². The molecule has 0 heteroatoms. The van der Waals surface area contributed by atoms with E-state index < -0.39 is 0 Å². The largest absolute Gasteiger partial charge is 0.0616 e. The molecule has 0 bridgehead atoms. The summed E-state index contributed by atoms with van der Waals surface area (Å²) in [5.41, 5.74) is 7.05. The molecule has 0 nitrogen and oxygen atoms in total. The van der Waals surface area contributed by atoms with E-state index in [1.807, 2.05) is 0 Å². The Morgan fingerprint density at radius 1 is 0.583 bits per heavy atom. The fourth-order valence-electron chi connectivity index (χ4n) is 4.69. The Labute approximate surface area is 140 Å². The van der Waals surface area contributed by atoms with Gasteiger partial charge in [-0.15, -0.1) is 0 Å². The average Bonchev–Trinajstić information content (AvgIpc) is 2.96. The van der Waals surface area contributed by atoms with Gasteiger partial charge in [-0.3, -0.25) is 0 Å². The fraction of sp³-hybridized carbons (Fsp3) is 0.0833. The van der Waals surface area contributed by atoms with Gasteiger partial charge in [-0.25, -0.2) is 0 Å². The number of benzene rings is 5. The Hall–Kier alpha value is -2.86. The number of aryl methyl sites for hydroxylation is 1. The quantitative estimate of drug-likeness (QED) is 0.293. The van der Waals surface area contributed by atoms with Gasteiger partial charge >= 0.3 is 0 Å². The van der Waals surface area contributed by atoms with Crippen molar-refractivity contribution in [1.29, 1.82) is 0 Å². The van der Waals surface area contributed by atoms with Crippen molar-refractivity contribution in [3.05, 3.63) is 72.3 Å². The minimum Gasteiger partial charge on any atom is -0.0616 e. The topological polar surface area (TPSA) is 0 Å². The zero-order valence-corrected chi connectivity index (χ0v) is 13.6. The van der Waals surface area contributed by atoms with Crippen molar-refractivity contribution in [3.8, 4) is 22.3 Å². The van der Waals surface area contributed by atoms with Crippen LogP contribution in [0.1, 0.15) is 12.5 Å². The number of hydrogen-bond donors (Lipinski definition) is 0. The molecule has 5 aromatic rings. The number of fused-ring (bicyclic) bond motifs is 3. The lowest BCUT2D eigenvalue weighted by Gasteiger charge is -2.15. The second-order valence-corrected chi connectivity index (χ2v) is 6.85. The first-order valence-corrected chi connectivity index (χ1v) is 8.70. The highest BCUT2D eigenvalue weighted by atomic mass is 14.3. The number of hydrogen-bond acceptors (Lipinski definition) is 0. The second-order valence-electron chi connectivity index (χ2n) is 6.85. The summed E-state index contributed by atoms with van der Waals surface area (Å²) in [5.74, 6) is 0. The highest BCUT2D eigenvalue weighted by Gasteiger charge is 2.25. The minimum absolute atomic E-state index is 1.07. The first-order chi connectivity index (χ1) is 11.9. The lowest BCUT2D eigenvalue weighted by Crippen LogP contribution is -1.90. The summed E-state index contributed by atoms with van der Waals surface area (Å²) in [4.78, 5) is 0. The highest BCUT2D eigenvalue weighted by Crippen LogP contribution is 2.52. The van der Waals surface area contributed by atoms with E-state index in [0.717, 1.165) is 6.42 Å². The van der Waals surface area contributed by atoms with E-state index in [1.54, 1.807) is 0 Å². The lowest BCUT2D eigenvalue weighted by molar-refractivity contribution is 1.16. The first kappa shape index (κ1) is 12.5. The van der Waals surface area contributed by atoms with Crippen LogP contribution in [0.25, 0.3) is 54.6 Å². The lowest BCUT2D eigenvalue weighted by atomic mass is 9.88. The molecule has 0 atom stereocenters. The molecular formula is C24H16. The molecule has 0 heterocycles. The zero-order chi connectivity index (χ0) is 15.8. The van der Waals surface area contributed by atoms with Gasteiger partial charge < -0.3 is 0 Å². The third-order valence-electron chi connectivity index (χ3n) is 5.72. The van der Waals surface area contributed by atoms with Crippen molar-refractivity contribution in [2.45, 2.75) is 13.3 Å². The van der Waals surface area contributed by atoms with Crippen LogP contribution in [0.4, 0.5) is 0 Å². The summed E-state index contributed by atoms with van der Waals surface area (Å²) < 4.78 is 0. The van der Waals surface area contributed by atoms with E-state index in [9.17, 15) is 0 Å². The van der Waals surface area contributed by atoms with Crippen molar-refractivity contribution < 1.29 is 0 Å². The molecule has 6 rings (SSSR count). The van der Waals surface area contributed by atoms with E-state index in [0.29, 0.717) is 0 Å². The van der Waals surface area contributed by atoms with Gasteiger partial charge in [0, 0.05) is 0 Å². The molecule has 24 heavy (non-hydrogen) atoms. The molecule has 0 spiro atoms. The van der Waals surface area contributed by atoms with E-state index in [4.69, 9.17) is 0 Å². The zero-order valence-electron chi connectivity index (χ0n) is 13.6. The summed E-state index contributed by atoms with van der Waals surface area (Å²) in [5, 5.41) is 8.48. The van der Waals surface area contributed by atoms with Crippen molar-refractivity contribution in [2.75, 3.05) is 0 Å². The normalized spacial score (nSPS) is 12.5. The summed E-state index contributed by atoms with van der Waals surface area (Å²) in [6.45, 7) is 2.26. The van der Waals surface area contributed by atoms with Gasteiger partial charge in [-0.05, 0) is 78.7 Å². The molecule has 0 aliphatic heterocycles.